The molecule has 1 aliphatic heterocycles. The van der Waals surface area contributed by atoms with Crippen LogP contribution in [-0.2, 0) is 14.3 Å². The molecule has 2 fully saturated rings. The van der Waals surface area contributed by atoms with E-state index in [9.17, 15) is 14.4 Å². The number of benzene rings is 1. The monoisotopic (exact) mass is 373 g/mol. The van der Waals surface area contributed by atoms with Crippen LogP contribution in [0.15, 0.2) is 30.3 Å². The predicted molar refractivity (Wildman–Crippen MR) is 100 cm³/mol. The van der Waals surface area contributed by atoms with Crippen molar-refractivity contribution in [2.24, 2.45) is 5.92 Å². The number of carbonyl (C=O) groups excluding carboxylic acids is 3. The van der Waals surface area contributed by atoms with Gasteiger partial charge in [0.25, 0.3) is 5.91 Å². The van der Waals surface area contributed by atoms with Crippen molar-refractivity contribution >= 4 is 17.7 Å². The molecule has 2 aliphatic rings. The molecule has 3 amide bonds. The first-order valence-corrected chi connectivity index (χ1v) is 9.37. The summed E-state index contributed by atoms with van der Waals surface area (Å²) in [6.07, 6.45) is 2.67. The van der Waals surface area contributed by atoms with Gasteiger partial charge in [-0.3, -0.25) is 14.4 Å². The second-order valence-corrected chi connectivity index (χ2v) is 7.46. The molecule has 1 heterocycles. The van der Waals surface area contributed by atoms with Crippen molar-refractivity contribution in [3.8, 4) is 0 Å². The van der Waals surface area contributed by atoms with Gasteiger partial charge in [-0.15, -0.1) is 0 Å². The number of carbonyl (C=O) groups is 3. The SMILES string of the molecule is COCC(NC(C)=O)C(=O)NC1(C2CCN(C(=O)c3ccccc3)C2)CC1. The number of methoxy groups -OCH3 is 1. The summed E-state index contributed by atoms with van der Waals surface area (Å²) in [5.41, 5.74) is 0.422. The smallest absolute Gasteiger partial charge is 0.253 e. The number of hydrogen-bond donors (Lipinski definition) is 2. The minimum absolute atomic E-state index is 0.0377. The molecule has 0 radical (unpaired) electrons. The molecule has 7 heteroatoms. The lowest BCUT2D eigenvalue weighted by atomic mass is 9.96. The summed E-state index contributed by atoms with van der Waals surface area (Å²) in [5.74, 6) is -0.222. The van der Waals surface area contributed by atoms with E-state index in [2.05, 4.69) is 10.6 Å². The van der Waals surface area contributed by atoms with Crippen molar-refractivity contribution < 1.29 is 19.1 Å². The van der Waals surface area contributed by atoms with Gasteiger partial charge in [0, 0.05) is 44.1 Å². The minimum atomic E-state index is -0.701. The first kappa shape index (κ1) is 19.4. The van der Waals surface area contributed by atoms with Crippen LogP contribution in [0, 0.1) is 5.92 Å². The molecule has 146 valence electrons. The molecule has 27 heavy (non-hydrogen) atoms. The molecule has 1 aromatic carbocycles. The number of ether oxygens (including phenoxy) is 1. The molecule has 0 spiro atoms. The van der Waals surface area contributed by atoms with Gasteiger partial charge in [-0.2, -0.15) is 0 Å². The third-order valence-electron chi connectivity index (χ3n) is 5.47. The number of nitrogens with one attached hydrogen (secondary N) is 2. The van der Waals surface area contributed by atoms with Crippen molar-refractivity contribution in [3.05, 3.63) is 35.9 Å². The largest absolute Gasteiger partial charge is 0.382 e. The summed E-state index contributed by atoms with van der Waals surface area (Å²) in [7, 11) is 1.50. The molecule has 1 aliphatic carbocycles. The lowest BCUT2D eigenvalue weighted by Crippen LogP contribution is -2.54. The maximum atomic E-state index is 12.7. The molecule has 2 atom stereocenters. The number of amides is 3. The average Bonchev–Trinajstić information content (AvgIpc) is 3.25. The molecule has 3 rings (SSSR count). The molecule has 0 aromatic heterocycles. The highest BCUT2D eigenvalue weighted by molar-refractivity contribution is 5.94. The zero-order chi connectivity index (χ0) is 19.4. The Morgan fingerprint density at radius 2 is 1.96 bits per heavy atom. The van der Waals surface area contributed by atoms with Crippen molar-refractivity contribution in [1.82, 2.24) is 15.5 Å². The topological polar surface area (TPSA) is 87.7 Å². The van der Waals surface area contributed by atoms with E-state index in [1.807, 2.05) is 35.2 Å². The van der Waals surface area contributed by atoms with Crippen LogP contribution in [0.3, 0.4) is 0 Å². The van der Waals surface area contributed by atoms with Gasteiger partial charge in [-0.1, -0.05) is 18.2 Å². The van der Waals surface area contributed by atoms with Gasteiger partial charge in [0.15, 0.2) is 0 Å². The normalized spacial score (nSPS) is 21.4. The lowest BCUT2D eigenvalue weighted by molar-refractivity contribution is -0.130. The van der Waals surface area contributed by atoms with E-state index in [0.717, 1.165) is 19.3 Å². The Bertz CT molecular complexity index is 702. The Morgan fingerprint density at radius 1 is 1.26 bits per heavy atom. The summed E-state index contributed by atoms with van der Waals surface area (Å²) >= 11 is 0. The minimum Gasteiger partial charge on any atom is -0.382 e. The maximum Gasteiger partial charge on any atom is 0.253 e. The number of likely N-dealkylation sites (tertiary alicyclic amines) is 1. The highest BCUT2D eigenvalue weighted by atomic mass is 16.5. The Kier molecular flexibility index (Phi) is 5.79. The molecular formula is C20H27N3O4. The molecule has 7 nitrogen and oxygen atoms in total. The molecule has 2 unspecified atom stereocenters. The zero-order valence-corrected chi connectivity index (χ0v) is 15.9. The summed E-state index contributed by atoms with van der Waals surface area (Å²) in [6, 6.07) is 8.57. The van der Waals surface area contributed by atoms with E-state index < -0.39 is 6.04 Å². The van der Waals surface area contributed by atoms with Crippen molar-refractivity contribution in [2.45, 2.75) is 37.8 Å². The van der Waals surface area contributed by atoms with Gasteiger partial charge in [0.2, 0.25) is 11.8 Å². The van der Waals surface area contributed by atoms with E-state index in [4.69, 9.17) is 4.74 Å². The van der Waals surface area contributed by atoms with Gasteiger partial charge < -0.3 is 20.3 Å². The Labute approximate surface area is 159 Å². The summed E-state index contributed by atoms with van der Waals surface area (Å²) in [6.45, 7) is 2.85. The summed E-state index contributed by atoms with van der Waals surface area (Å²) in [5, 5.41) is 5.76. The fourth-order valence-electron chi connectivity index (χ4n) is 3.86. The predicted octanol–water partition coefficient (Wildman–Crippen LogP) is 0.949. The molecule has 0 bridgehead atoms. The molecule has 1 aromatic rings. The van der Waals surface area contributed by atoms with Crippen molar-refractivity contribution in [3.63, 3.8) is 0 Å². The van der Waals surface area contributed by atoms with Crippen LogP contribution in [-0.4, -0.2) is 61.0 Å². The van der Waals surface area contributed by atoms with Crippen LogP contribution in [0.2, 0.25) is 0 Å². The van der Waals surface area contributed by atoms with E-state index in [0.29, 0.717) is 18.7 Å². The first-order chi connectivity index (χ1) is 12.9. The van der Waals surface area contributed by atoms with E-state index in [-0.39, 0.29) is 35.8 Å². The van der Waals surface area contributed by atoms with Crippen LogP contribution in [0.4, 0.5) is 0 Å². The quantitative estimate of drug-likeness (QED) is 0.745. The second kappa shape index (κ2) is 8.08. The van der Waals surface area contributed by atoms with Crippen LogP contribution in [0.1, 0.15) is 36.5 Å². The zero-order valence-electron chi connectivity index (χ0n) is 15.9. The second-order valence-electron chi connectivity index (χ2n) is 7.46. The summed E-state index contributed by atoms with van der Waals surface area (Å²) in [4.78, 5) is 38.5. The van der Waals surface area contributed by atoms with E-state index >= 15 is 0 Å². The Morgan fingerprint density at radius 3 is 2.56 bits per heavy atom. The van der Waals surface area contributed by atoms with E-state index in [1.165, 1.54) is 14.0 Å². The number of rotatable bonds is 7. The van der Waals surface area contributed by atoms with Crippen molar-refractivity contribution in [1.29, 1.82) is 0 Å². The number of nitrogens with zero attached hydrogens (tertiary/aromatic N) is 1. The van der Waals surface area contributed by atoms with Gasteiger partial charge >= 0.3 is 0 Å². The first-order valence-electron chi connectivity index (χ1n) is 9.37. The molecule has 1 saturated carbocycles. The third kappa shape index (κ3) is 4.47. The molecular weight excluding hydrogens is 346 g/mol. The Hall–Kier alpha value is -2.41. The van der Waals surface area contributed by atoms with Crippen LogP contribution in [0.25, 0.3) is 0 Å². The van der Waals surface area contributed by atoms with Crippen molar-refractivity contribution in [2.75, 3.05) is 26.8 Å². The standard InChI is InChI=1S/C20H27N3O4/c1-14(24)21-17(13-27-2)18(25)22-20(9-10-20)16-8-11-23(12-16)19(26)15-6-4-3-5-7-15/h3-7,16-17H,8-13H2,1-2H3,(H,21,24)(H,22,25). The highest BCUT2D eigenvalue weighted by Crippen LogP contribution is 2.46. The van der Waals surface area contributed by atoms with Crippen LogP contribution >= 0.6 is 0 Å². The summed E-state index contributed by atoms with van der Waals surface area (Å²) < 4.78 is 5.06. The van der Waals surface area contributed by atoms with Gasteiger partial charge in [-0.25, -0.2) is 0 Å². The van der Waals surface area contributed by atoms with E-state index in [1.54, 1.807) is 0 Å². The fourth-order valence-corrected chi connectivity index (χ4v) is 3.86. The van der Waals surface area contributed by atoms with Gasteiger partial charge in [-0.05, 0) is 31.4 Å². The number of hydrogen-bond acceptors (Lipinski definition) is 4. The lowest BCUT2D eigenvalue weighted by Gasteiger charge is -2.27. The van der Waals surface area contributed by atoms with Gasteiger partial charge in [0.05, 0.1) is 6.61 Å². The van der Waals surface area contributed by atoms with Gasteiger partial charge in [0.1, 0.15) is 6.04 Å². The average molecular weight is 373 g/mol. The fraction of sp³-hybridized carbons (Fsp3) is 0.550. The molecule has 2 N–H and O–H groups in total. The Balaban J connectivity index is 1.60. The molecule has 1 saturated heterocycles. The maximum absolute atomic E-state index is 12.7. The van der Waals surface area contributed by atoms with Crippen LogP contribution in [0.5, 0.6) is 0 Å². The highest BCUT2D eigenvalue weighted by Gasteiger charge is 2.53. The third-order valence-corrected chi connectivity index (χ3v) is 5.47. The van der Waals surface area contributed by atoms with Crippen LogP contribution < -0.4 is 10.6 Å².